The molecule has 2 rings (SSSR count). The molecule has 0 aliphatic carbocycles. The van der Waals surface area contributed by atoms with Crippen molar-refractivity contribution in [3.63, 3.8) is 0 Å². The number of hydrogen-bond acceptors (Lipinski definition) is 5. The van der Waals surface area contributed by atoms with Crippen LogP contribution in [0.25, 0.3) is 0 Å². The average molecular weight is 263 g/mol. The summed E-state index contributed by atoms with van der Waals surface area (Å²) in [6, 6.07) is 4.29. The highest BCUT2D eigenvalue weighted by Crippen LogP contribution is 2.24. The van der Waals surface area contributed by atoms with Gasteiger partial charge >= 0.3 is 0 Å². The van der Waals surface area contributed by atoms with Gasteiger partial charge in [-0.1, -0.05) is 12.1 Å². The summed E-state index contributed by atoms with van der Waals surface area (Å²) in [5, 5.41) is 11.6. The van der Waals surface area contributed by atoms with Crippen molar-refractivity contribution < 1.29 is 5.21 Å². The summed E-state index contributed by atoms with van der Waals surface area (Å²) < 4.78 is 0. The van der Waals surface area contributed by atoms with Crippen molar-refractivity contribution in [2.45, 2.75) is 13.0 Å². The maximum Gasteiger partial charge on any atom is 0.171 e. The number of likely N-dealkylation sites (N-methyl/N-ethyl adjacent to an activating group) is 1. The summed E-state index contributed by atoms with van der Waals surface area (Å²) in [4.78, 5) is 8.92. The van der Waals surface area contributed by atoms with Crippen molar-refractivity contribution in [3.05, 3.63) is 23.9 Å². The van der Waals surface area contributed by atoms with E-state index in [9.17, 15) is 0 Å². The Bertz CT molecular complexity index is 457. The SMILES string of the molecule is CC1CN(c2ccc(/C(N)=N/O)cn2)CC1N(C)C. The molecule has 0 saturated carbocycles. The van der Waals surface area contributed by atoms with Gasteiger partial charge in [0.15, 0.2) is 5.84 Å². The number of amidine groups is 1. The molecule has 1 saturated heterocycles. The largest absolute Gasteiger partial charge is 0.409 e. The topological polar surface area (TPSA) is 78.0 Å². The Kier molecular flexibility index (Phi) is 3.90. The predicted octanol–water partition coefficient (Wildman–Crippen LogP) is 0.562. The Morgan fingerprint density at radius 2 is 2.21 bits per heavy atom. The van der Waals surface area contributed by atoms with Crippen molar-refractivity contribution in [3.8, 4) is 0 Å². The van der Waals surface area contributed by atoms with E-state index in [-0.39, 0.29) is 5.84 Å². The highest BCUT2D eigenvalue weighted by atomic mass is 16.4. The highest BCUT2D eigenvalue weighted by molar-refractivity contribution is 5.96. The van der Waals surface area contributed by atoms with Crippen LogP contribution in [0, 0.1) is 5.92 Å². The molecule has 1 aromatic heterocycles. The van der Waals surface area contributed by atoms with Gasteiger partial charge in [-0.25, -0.2) is 4.98 Å². The molecule has 0 radical (unpaired) electrons. The quantitative estimate of drug-likeness (QED) is 0.361. The van der Waals surface area contributed by atoms with Crippen LogP contribution < -0.4 is 10.6 Å². The zero-order valence-electron chi connectivity index (χ0n) is 11.6. The van der Waals surface area contributed by atoms with Gasteiger partial charge in [-0.3, -0.25) is 0 Å². The molecule has 19 heavy (non-hydrogen) atoms. The van der Waals surface area contributed by atoms with Crippen LogP contribution in [0.5, 0.6) is 0 Å². The molecule has 1 fully saturated rings. The van der Waals surface area contributed by atoms with E-state index in [1.807, 2.05) is 12.1 Å². The van der Waals surface area contributed by atoms with Gasteiger partial charge in [0.25, 0.3) is 0 Å². The number of rotatable bonds is 3. The van der Waals surface area contributed by atoms with Crippen molar-refractivity contribution in [1.82, 2.24) is 9.88 Å². The third-order valence-electron chi connectivity index (χ3n) is 3.71. The molecular formula is C13H21N5O. The number of oxime groups is 1. The van der Waals surface area contributed by atoms with E-state index in [2.05, 4.69) is 41.0 Å². The maximum absolute atomic E-state index is 8.62. The number of hydrogen-bond donors (Lipinski definition) is 2. The predicted molar refractivity (Wildman–Crippen MR) is 75.6 cm³/mol. The second kappa shape index (κ2) is 5.44. The van der Waals surface area contributed by atoms with E-state index in [1.54, 1.807) is 6.20 Å². The smallest absolute Gasteiger partial charge is 0.171 e. The first-order chi connectivity index (χ1) is 9.02. The van der Waals surface area contributed by atoms with Crippen LogP contribution >= 0.6 is 0 Å². The van der Waals surface area contributed by atoms with Crippen LogP contribution in [0.2, 0.25) is 0 Å². The Balaban J connectivity index is 2.12. The number of nitrogens with zero attached hydrogens (tertiary/aromatic N) is 4. The molecule has 0 bridgehead atoms. The fourth-order valence-electron chi connectivity index (χ4n) is 2.59. The summed E-state index contributed by atoms with van der Waals surface area (Å²) in [5.74, 6) is 1.63. The van der Waals surface area contributed by atoms with Crippen LogP contribution in [0.15, 0.2) is 23.5 Å². The lowest BCUT2D eigenvalue weighted by atomic mass is 10.1. The van der Waals surface area contributed by atoms with E-state index in [0.717, 1.165) is 18.9 Å². The molecule has 2 atom stereocenters. The van der Waals surface area contributed by atoms with E-state index in [1.165, 1.54) is 0 Å². The van der Waals surface area contributed by atoms with Gasteiger partial charge in [0.2, 0.25) is 0 Å². The molecular weight excluding hydrogens is 242 g/mol. The second-order valence-corrected chi connectivity index (χ2v) is 5.30. The lowest BCUT2D eigenvalue weighted by Gasteiger charge is -2.22. The number of aromatic nitrogens is 1. The molecule has 1 aliphatic heterocycles. The fraction of sp³-hybridized carbons (Fsp3) is 0.538. The first-order valence-corrected chi connectivity index (χ1v) is 6.38. The lowest BCUT2D eigenvalue weighted by Crippen LogP contribution is -2.34. The third-order valence-corrected chi connectivity index (χ3v) is 3.71. The maximum atomic E-state index is 8.62. The molecule has 0 spiro atoms. The second-order valence-electron chi connectivity index (χ2n) is 5.30. The zero-order valence-corrected chi connectivity index (χ0v) is 11.6. The van der Waals surface area contributed by atoms with Crippen LogP contribution in [0.3, 0.4) is 0 Å². The zero-order chi connectivity index (χ0) is 14.0. The summed E-state index contributed by atoms with van der Waals surface area (Å²) in [7, 11) is 4.22. The minimum Gasteiger partial charge on any atom is -0.409 e. The van der Waals surface area contributed by atoms with Gasteiger partial charge in [0.1, 0.15) is 5.82 Å². The summed E-state index contributed by atoms with van der Waals surface area (Å²) in [6.07, 6.45) is 1.64. The molecule has 104 valence electrons. The van der Waals surface area contributed by atoms with Gasteiger partial charge < -0.3 is 20.7 Å². The number of nitrogens with two attached hydrogens (primary N) is 1. The van der Waals surface area contributed by atoms with Crippen molar-refractivity contribution in [2.75, 3.05) is 32.1 Å². The van der Waals surface area contributed by atoms with Gasteiger partial charge in [-0.15, -0.1) is 0 Å². The Hall–Kier alpha value is -1.82. The first kappa shape index (κ1) is 13.6. The van der Waals surface area contributed by atoms with Gasteiger partial charge in [0.05, 0.1) is 0 Å². The van der Waals surface area contributed by atoms with Crippen molar-refractivity contribution >= 4 is 11.7 Å². The number of pyridine rings is 1. The average Bonchev–Trinajstić information content (AvgIpc) is 2.80. The third kappa shape index (κ3) is 2.78. The molecule has 2 unspecified atom stereocenters. The van der Waals surface area contributed by atoms with Crippen LogP contribution in [-0.4, -0.2) is 54.2 Å². The minimum atomic E-state index is 0.0833. The molecule has 1 aliphatic rings. The normalized spacial score (nSPS) is 24.2. The van der Waals surface area contributed by atoms with E-state index in [0.29, 0.717) is 17.5 Å². The van der Waals surface area contributed by atoms with E-state index < -0.39 is 0 Å². The number of anilines is 1. The van der Waals surface area contributed by atoms with Crippen LogP contribution in [-0.2, 0) is 0 Å². The first-order valence-electron chi connectivity index (χ1n) is 6.38. The van der Waals surface area contributed by atoms with E-state index in [4.69, 9.17) is 10.9 Å². The Morgan fingerprint density at radius 1 is 1.47 bits per heavy atom. The van der Waals surface area contributed by atoms with Crippen LogP contribution in [0.1, 0.15) is 12.5 Å². The highest BCUT2D eigenvalue weighted by Gasteiger charge is 2.31. The van der Waals surface area contributed by atoms with Crippen molar-refractivity contribution in [1.29, 1.82) is 0 Å². The molecule has 3 N–H and O–H groups in total. The molecule has 0 aromatic carbocycles. The molecule has 2 heterocycles. The van der Waals surface area contributed by atoms with E-state index >= 15 is 0 Å². The lowest BCUT2D eigenvalue weighted by molar-refractivity contribution is 0.266. The summed E-state index contributed by atoms with van der Waals surface area (Å²) in [6.45, 7) is 4.23. The molecule has 6 nitrogen and oxygen atoms in total. The van der Waals surface area contributed by atoms with Crippen LogP contribution in [0.4, 0.5) is 5.82 Å². The molecule has 0 amide bonds. The van der Waals surface area contributed by atoms with Crippen molar-refractivity contribution in [2.24, 2.45) is 16.8 Å². The van der Waals surface area contributed by atoms with Gasteiger partial charge in [-0.05, 0) is 32.1 Å². The fourth-order valence-corrected chi connectivity index (χ4v) is 2.59. The minimum absolute atomic E-state index is 0.0833. The Labute approximate surface area is 113 Å². The summed E-state index contributed by atoms with van der Waals surface area (Å²) in [5.41, 5.74) is 6.15. The summed E-state index contributed by atoms with van der Waals surface area (Å²) >= 11 is 0. The standard InChI is InChI=1S/C13H21N5O/c1-9-7-18(8-11(9)17(2)3)12-5-4-10(6-15-12)13(14)16-19/h4-6,9,11,19H,7-8H2,1-3H3,(H2,14,16). The van der Waals surface area contributed by atoms with Gasteiger partial charge in [0, 0.05) is 30.9 Å². The Morgan fingerprint density at radius 3 is 2.68 bits per heavy atom. The molecule has 1 aromatic rings. The molecule has 6 heteroatoms. The van der Waals surface area contributed by atoms with Gasteiger partial charge in [-0.2, -0.15) is 0 Å². The monoisotopic (exact) mass is 263 g/mol.